The van der Waals surface area contributed by atoms with E-state index >= 15 is 0 Å². The lowest BCUT2D eigenvalue weighted by Gasteiger charge is -2.40. The van der Waals surface area contributed by atoms with E-state index in [-0.39, 0.29) is 34.3 Å². The second kappa shape index (κ2) is 13.3. The molecule has 0 rings (SSSR count). The van der Waals surface area contributed by atoms with Crippen LogP contribution in [-0.2, 0) is 4.79 Å². The molecule has 0 fully saturated rings. The first-order valence-electron chi connectivity index (χ1n) is 8.70. The number of hydrogen-bond donors (Lipinski definition) is 2. The number of likely N-dealkylation sites (N-methyl/N-ethyl adjacent to an activating group) is 2. The first kappa shape index (κ1) is 33.6. The van der Waals surface area contributed by atoms with Gasteiger partial charge in [0.05, 0.1) is 55.9 Å². The molecule has 2 N–H and O–H groups in total. The third kappa shape index (κ3) is 18.2. The number of aliphatic hydroxyl groups is 1. The summed E-state index contributed by atoms with van der Waals surface area (Å²) in [5.41, 5.74) is 0.549. The zero-order chi connectivity index (χ0) is 19.2. The smallest absolute Gasteiger partial charge is 0.246 e. The van der Waals surface area contributed by atoms with E-state index in [4.69, 9.17) is 0 Å². The molecule has 6 nitrogen and oxygen atoms in total. The van der Waals surface area contributed by atoms with Crippen LogP contribution in [0.5, 0.6) is 0 Å². The van der Waals surface area contributed by atoms with Crippen LogP contribution in [0, 0.1) is 22.3 Å². The highest BCUT2D eigenvalue weighted by molar-refractivity contribution is 5.91. The van der Waals surface area contributed by atoms with Gasteiger partial charge >= 0.3 is 0 Å². The molecule has 166 valence electrons. The van der Waals surface area contributed by atoms with E-state index in [1.165, 1.54) is 0 Å². The van der Waals surface area contributed by atoms with Crippen molar-refractivity contribution < 1.29 is 23.4 Å². The average molecular weight is 391 g/mol. The number of hydrogen-bond acceptors (Lipinski definition) is 2. The fourth-order valence-electron chi connectivity index (χ4n) is 3.29. The maximum atomic E-state index is 11.5. The van der Waals surface area contributed by atoms with E-state index in [1.807, 2.05) is 0 Å². The summed E-state index contributed by atoms with van der Waals surface area (Å²) in [6.07, 6.45) is 0.614. The van der Waals surface area contributed by atoms with Crippen molar-refractivity contribution in [1.82, 2.24) is 5.32 Å². The Bertz CT molecular complexity index is 426. The Labute approximate surface area is 171 Å². The molecule has 0 aromatic carbocycles. The maximum absolute atomic E-state index is 11.5. The molecule has 27 heavy (non-hydrogen) atoms. The van der Waals surface area contributed by atoms with Gasteiger partial charge in [-0.3, -0.25) is 13.8 Å². The molecule has 0 aliphatic carbocycles. The van der Waals surface area contributed by atoms with Gasteiger partial charge in [0, 0.05) is 18.5 Å². The summed E-state index contributed by atoms with van der Waals surface area (Å²) < 4.78 is 2.39. The van der Waals surface area contributed by atoms with Gasteiger partial charge in [-0.1, -0.05) is 6.58 Å². The molecule has 0 heterocycles. The van der Waals surface area contributed by atoms with E-state index in [0.29, 0.717) is 12.1 Å². The van der Waals surface area contributed by atoms with Crippen molar-refractivity contribution in [2.45, 2.75) is 19.4 Å². The van der Waals surface area contributed by atoms with Crippen LogP contribution in [0.1, 0.15) is 13.3 Å². The van der Waals surface area contributed by atoms with E-state index in [1.54, 1.807) is 6.92 Å². The highest BCUT2D eigenvalue weighted by Gasteiger charge is 2.31. The van der Waals surface area contributed by atoms with Crippen molar-refractivity contribution in [2.24, 2.45) is 0 Å². The molecule has 6 heteroatoms. The zero-order valence-electron chi connectivity index (χ0n) is 20.2. The van der Waals surface area contributed by atoms with Crippen molar-refractivity contribution in [2.75, 3.05) is 82.2 Å². The number of aliphatic hydroxyl groups excluding tert-OH is 1. The van der Waals surface area contributed by atoms with Crippen LogP contribution in [0.25, 0.3) is 0 Å². The third-order valence-electron chi connectivity index (χ3n) is 3.84. The van der Waals surface area contributed by atoms with Crippen molar-refractivity contribution in [3.05, 3.63) is 34.4 Å². The van der Waals surface area contributed by atoms with E-state index in [9.17, 15) is 9.90 Å². The summed E-state index contributed by atoms with van der Waals surface area (Å²) >= 11 is 0. The predicted molar refractivity (Wildman–Crippen MR) is 119 cm³/mol. The summed E-state index contributed by atoms with van der Waals surface area (Å²) in [5, 5.41) is 13.2. The van der Waals surface area contributed by atoms with Gasteiger partial charge in [-0.25, -0.2) is 0 Å². The van der Waals surface area contributed by atoms with E-state index < -0.39 is 0 Å². The molecule has 0 saturated carbocycles. The van der Waals surface area contributed by atoms with Crippen molar-refractivity contribution in [3.8, 4) is 0 Å². The average Bonchev–Trinajstić information content (AvgIpc) is 2.28. The second-order valence-electron chi connectivity index (χ2n) is 9.44. The summed E-state index contributed by atoms with van der Waals surface area (Å²) in [6.45, 7) is 9.43. The standard InChI is InChI=1S/C18H40N4O2.3CH3/c1-16(2)18(24)19-11-10-12-21(6,7)15-22(8,9)14-17(23)13-20(3,4)5;;;/h17,23H,1,10-15H2,2-9H3;3*1H3/q+2;3*-1/p+1. The van der Waals surface area contributed by atoms with Gasteiger partial charge in [-0.2, -0.15) is 0 Å². The van der Waals surface area contributed by atoms with Gasteiger partial charge in [0.1, 0.15) is 13.1 Å². The summed E-state index contributed by atoms with van der Waals surface area (Å²) in [6, 6.07) is 0. The molecule has 0 aliphatic heterocycles. The molecule has 1 amide bonds. The maximum Gasteiger partial charge on any atom is 0.246 e. The highest BCUT2D eigenvalue weighted by Crippen LogP contribution is 2.10. The van der Waals surface area contributed by atoms with Crippen LogP contribution in [0.2, 0.25) is 0 Å². The number of amides is 1. The summed E-state index contributed by atoms with van der Waals surface area (Å²) in [7, 11) is 15.0. The van der Waals surface area contributed by atoms with Crippen molar-refractivity contribution in [1.29, 1.82) is 0 Å². The Balaban J connectivity index is -0.000000882. The lowest BCUT2D eigenvalue weighted by atomic mass is 10.2. The third-order valence-corrected chi connectivity index (χ3v) is 3.84. The minimum atomic E-state index is -0.310. The highest BCUT2D eigenvalue weighted by atomic mass is 16.3. The molecule has 0 saturated heterocycles. The summed E-state index contributed by atoms with van der Waals surface area (Å²) in [5.74, 6) is -0.0696. The summed E-state index contributed by atoms with van der Waals surface area (Å²) in [4.78, 5) is 11.5. The quantitative estimate of drug-likeness (QED) is 0.185. The van der Waals surface area contributed by atoms with Crippen LogP contribution in [-0.4, -0.2) is 113 Å². The van der Waals surface area contributed by atoms with Gasteiger partial charge in [0.15, 0.2) is 6.10 Å². The lowest BCUT2D eigenvalue weighted by Crippen LogP contribution is -2.59. The van der Waals surface area contributed by atoms with E-state index in [2.05, 4.69) is 61.2 Å². The first-order chi connectivity index (χ1) is 10.6. The molecule has 1 atom stereocenters. The Morgan fingerprint density at radius 3 is 1.85 bits per heavy atom. The molecule has 0 spiro atoms. The number of rotatable bonds is 11. The fraction of sp³-hybridized carbons (Fsp3) is 0.714. The molecular weight excluding hydrogens is 340 g/mol. The van der Waals surface area contributed by atoms with E-state index in [0.717, 1.165) is 46.2 Å². The largest absolute Gasteiger partial charge is 0.382 e. The Kier molecular flexibility index (Phi) is 16.5. The molecule has 0 radical (unpaired) electrons. The first-order valence-corrected chi connectivity index (χ1v) is 8.70. The number of carbonyl (C=O) groups excluding carboxylic acids is 1. The number of nitrogens with zero attached hydrogens (tertiary/aromatic N) is 3. The normalized spacial score (nSPS) is 12.8. The molecule has 0 aliphatic rings. The molecule has 0 aromatic rings. The van der Waals surface area contributed by atoms with Crippen LogP contribution >= 0.6 is 0 Å². The van der Waals surface area contributed by atoms with Gasteiger partial charge in [-0.15, -0.1) is 0 Å². The van der Waals surface area contributed by atoms with Crippen molar-refractivity contribution in [3.63, 3.8) is 0 Å². The van der Waals surface area contributed by atoms with Gasteiger partial charge in [-0.05, 0) is 6.92 Å². The molecule has 0 bridgehead atoms. The minimum Gasteiger partial charge on any atom is -0.382 e. The Morgan fingerprint density at radius 2 is 1.44 bits per heavy atom. The molecule has 1 unspecified atom stereocenters. The van der Waals surface area contributed by atoms with Crippen LogP contribution in [0.3, 0.4) is 0 Å². The van der Waals surface area contributed by atoms with Crippen LogP contribution in [0.4, 0.5) is 0 Å². The Morgan fingerprint density at radius 1 is 0.963 bits per heavy atom. The second-order valence-corrected chi connectivity index (χ2v) is 9.44. The topological polar surface area (TPSA) is 49.3 Å². The number of quaternary nitrogens is 3. The lowest BCUT2D eigenvalue weighted by molar-refractivity contribution is -1.07. The molecule has 0 aromatic heterocycles. The van der Waals surface area contributed by atoms with Crippen LogP contribution < -0.4 is 5.32 Å². The van der Waals surface area contributed by atoms with Gasteiger partial charge in [0.25, 0.3) is 0 Å². The predicted octanol–water partition coefficient (Wildman–Crippen LogP) is 1.60. The SMILES string of the molecule is C=C(C)C(=O)NCCC[N+](C)(C)C[N+](C)(C)CC(O)C[N+](C)(C)C.[CH3-].[CH3-].[CH3-]. The Hall–Kier alpha value is -0.950. The van der Waals surface area contributed by atoms with Gasteiger partial charge in [0.2, 0.25) is 12.6 Å². The number of nitrogens with one attached hydrogen (secondary N) is 1. The zero-order valence-corrected chi connectivity index (χ0v) is 20.2. The van der Waals surface area contributed by atoms with Crippen molar-refractivity contribution >= 4 is 5.91 Å². The van der Waals surface area contributed by atoms with Crippen LogP contribution in [0.15, 0.2) is 12.2 Å². The molecular formula is C21H50N4O2. The van der Waals surface area contributed by atoms with Gasteiger partial charge < -0.3 is 37.2 Å². The number of carbonyl (C=O) groups is 1. The minimum absolute atomic E-state index is 0. The fourth-order valence-corrected chi connectivity index (χ4v) is 3.29. The monoisotopic (exact) mass is 390 g/mol.